The topological polar surface area (TPSA) is 63.3 Å². The van der Waals surface area contributed by atoms with E-state index in [1.807, 2.05) is 12.2 Å². The third-order valence-corrected chi connectivity index (χ3v) is 1.70. The van der Waals surface area contributed by atoms with Crippen LogP contribution in [0.1, 0.15) is 0 Å². The standard InChI is InChI=1S/C9H11NO2/c10-8(9(11)12)7-5-3-1-2-4-6-7/h1-8H,10H2,(H,11,12). The molecular formula is C9H11NO2. The average Bonchev–Trinajstić information content (AvgIpc) is 2.30. The minimum Gasteiger partial charge on any atom is -0.480 e. The number of nitrogens with two attached hydrogens (primary N) is 1. The molecule has 1 aliphatic carbocycles. The summed E-state index contributed by atoms with van der Waals surface area (Å²) in [5, 5.41) is 8.61. The normalized spacial score (nSPS) is 19.1. The molecule has 0 fully saturated rings. The SMILES string of the molecule is NC(C(=O)O)C1C=CC=CC=C1. The number of allylic oxidation sites excluding steroid dienone is 4. The van der Waals surface area contributed by atoms with Gasteiger partial charge in [0.1, 0.15) is 6.04 Å². The minimum atomic E-state index is -0.976. The van der Waals surface area contributed by atoms with Crippen molar-refractivity contribution in [2.24, 2.45) is 11.7 Å². The van der Waals surface area contributed by atoms with Gasteiger partial charge in [0.05, 0.1) is 0 Å². The van der Waals surface area contributed by atoms with E-state index in [1.54, 1.807) is 24.3 Å². The van der Waals surface area contributed by atoms with Crippen LogP contribution in [0.2, 0.25) is 0 Å². The summed E-state index contributed by atoms with van der Waals surface area (Å²) in [6.45, 7) is 0. The first kappa shape index (κ1) is 8.74. The van der Waals surface area contributed by atoms with E-state index in [0.29, 0.717) is 0 Å². The molecule has 1 unspecified atom stereocenters. The van der Waals surface area contributed by atoms with Crippen molar-refractivity contribution in [1.29, 1.82) is 0 Å². The van der Waals surface area contributed by atoms with Gasteiger partial charge in [0, 0.05) is 5.92 Å². The van der Waals surface area contributed by atoms with Gasteiger partial charge < -0.3 is 10.8 Å². The molecule has 0 heterocycles. The summed E-state index contributed by atoms with van der Waals surface area (Å²) < 4.78 is 0. The predicted octanol–water partition coefficient (Wildman–Crippen LogP) is 0.697. The van der Waals surface area contributed by atoms with Gasteiger partial charge in [-0.05, 0) is 0 Å². The second-order valence-corrected chi connectivity index (χ2v) is 2.60. The Bertz CT molecular complexity index is 237. The highest BCUT2D eigenvalue weighted by Gasteiger charge is 2.19. The molecule has 1 atom stereocenters. The molecule has 0 amide bonds. The highest BCUT2D eigenvalue weighted by molar-refractivity contribution is 5.74. The molecule has 0 aromatic rings. The van der Waals surface area contributed by atoms with Crippen LogP contribution in [0.25, 0.3) is 0 Å². The fourth-order valence-electron chi connectivity index (χ4n) is 0.981. The maximum absolute atomic E-state index is 10.5. The Hall–Kier alpha value is -1.35. The summed E-state index contributed by atoms with van der Waals surface area (Å²) in [5.41, 5.74) is 5.43. The van der Waals surface area contributed by atoms with Crippen LogP contribution in [0, 0.1) is 5.92 Å². The fraction of sp³-hybridized carbons (Fsp3) is 0.222. The zero-order valence-corrected chi connectivity index (χ0v) is 6.55. The molecule has 64 valence electrons. The largest absolute Gasteiger partial charge is 0.480 e. The molecule has 3 nitrogen and oxygen atoms in total. The van der Waals surface area contributed by atoms with Gasteiger partial charge in [-0.3, -0.25) is 4.79 Å². The second-order valence-electron chi connectivity index (χ2n) is 2.60. The lowest BCUT2D eigenvalue weighted by atomic mass is 10.0. The summed E-state index contributed by atoms with van der Waals surface area (Å²) in [5.74, 6) is -1.19. The van der Waals surface area contributed by atoms with Crippen LogP contribution >= 0.6 is 0 Å². The summed E-state index contributed by atoms with van der Waals surface area (Å²) in [6, 6.07) is -0.850. The molecule has 0 aromatic carbocycles. The van der Waals surface area contributed by atoms with Crippen molar-refractivity contribution in [3.63, 3.8) is 0 Å². The van der Waals surface area contributed by atoms with Crippen molar-refractivity contribution in [3.05, 3.63) is 36.5 Å². The van der Waals surface area contributed by atoms with Gasteiger partial charge in [0.15, 0.2) is 0 Å². The smallest absolute Gasteiger partial charge is 0.321 e. The fourth-order valence-corrected chi connectivity index (χ4v) is 0.981. The molecule has 0 aromatic heterocycles. The van der Waals surface area contributed by atoms with Crippen LogP contribution in [0.4, 0.5) is 0 Å². The van der Waals surface area contributed by atoms with E-state index in [1.165, 1.54) is 0 Å². The molecular weight excluding hydrogens is 154 g/mol. The van der Waals surface area contributed by atoms with E-state index in [9.17, 15) is 4.79 Å². The predicted molar refractivity (Wildman–Crippen MR) is 46.5 cm³/mol. The third kappa shape index (κ3) is 2.07. The van der Waals surface area contributed by atoms with Crippen molar-refractivity contribution in [2.75, 3.05) is 0 Å². The molecule has 12 heavy (non-hydrogen) atoms. The van der Waals surface area contributed by atoms with Crippen LogP contribution in [-0.4, -0.2) is 17.1 Å². The number of aliphatic carboxylic acids is 1. The molecule has 0 saturated heterocycles. The zero-order chi connectivity index (χ0) is 8.97. The molecule has 1 rings (SSSR count). The van der Waals surface area contributed by atoms with Gasteiger partial charge in [-0.1, -0.05) is 36.5 Å². The van der Waals surface area contributed by atoms with Gasteiger partial charge in [-0.2, -0.15) is 0 Å². The highest BCUT2D eigenvalue weighted by atomic mass is 16.4. The molecule has 0 saturated carbocycles. The van der Waals surface area contributed by atoms with Crippen molar-refractivity contribution in [2.45, 2.75) is 6.04 Å². The van der Waals surface area contributed by atoms with Crippen LogP contribution in [-0.2, 0) is 4.79 Å². The van der Waals surface area contributed by atoms with Crippen molar-refractivity contribution < 1.29 is 9.90 Å². The van der Waals surface area contributed by atoms with Crippen molar-refractivity contribution in [3.8, 4) is 0 Å². The van der Waals surface area contributed by atoms with Gasteiger partial charge in [-0.15, -0.1) is 0 Å². The maximum Gasteiger partial charge on any atom is 0.321 e. The lowest BCUT2D eigenvalue weighted by Crippen LogP contribution is -2.36. The molecule has 0 spiro atoms. The zero-order valence-electron chi connectivity index (χ0n) is 6.55. The Balaban J connectivity index is 2.69. The quantitative estimate of drug-likeness (QED) is 0.633. The number of carboxylic acids is 1. The Morgan fingerprint density at radius 2 is 1.75 bits per heavy atom. The number of rotatable bonds is 2. The minimum absolute atomic E-state index is 0.211. The summed E-state index contributed by atoms with van der Waals surface area (Å²) in [7, 11) is 0. The number of hydrogen-bond acceptors (Lipinski definition) is 2. The van der Waals surface area contributed by atoms with Gasteiger partial charge >= 0.3 is 5.97 Å². The first-order valence-corrected chi connectivity index (χ1v) is 3.72. The van der Waals surface area contributed by atoms with E-state index in [2.05, 4.69) is 0 Å². The molecule has 3 heteroatoms. The van der Waals surface area contributed by atoms with Crippen molar-refractivity contribution in [1.82, 2.24) is 0 Å². The van der Waals surface area contributed by atoms with Gasteiger partial charge in [-0.25, -0.2) is 0 Å². The number of hydrogen-bond donors (Lipinski definition) is 2. The van der Waals surface area contributed by atoms with Crippen LogP contribution in [0.5, 0.6) is 0 Å². The third-order valence-electron chi connectivity index (χ3n) is 1.70. The van der Waals surface area contributed by atoms with Crippen molar-refractivity contribution >= 4 is 5.97 Å². The summed E-state index contributed by atoms with van der Waals surface area (Å²) in [4.78, 5) is 10.5. The van der Waals surface area contributed by atoms with Crippen LogP contribution in [0.15, 0.2) is 36.5 Å². The van der Waals surface area contributed by atoms with Crippen LogP contribution in [0.3, 0.4) is 0 Å². The monoisotopic (exact) mass is 165 g/mol. The summed E-state index contributed by atoms with van der Waals surface area (Å²) in [6.07, 6.45) is 10.8. The lowest BCUT2D eigenvalue weighted by molar-refractivity contribution is -0.139. The summed E-state index contributed by atoms with van der Waals surface area (Å²) >= 11 is 0. The maximum atomic E-state index is 10.5. The van der Waals surface area contributed by atoms with Gasteiger partial charge in [0.2, 0.25) is 0 Å². The Morgan fingerprint density at radius 1 is 1.25 bits per heavy atom. The molecule has 3 N–H and O–H groups in total. The molecule has 1 aliphatic rings. The molecule has 0 aliphatic heterocycles. The highest BCUT2D eigenvalue weighted by Crippen LogP contribution is 2.09. The van der Waals surface area contributed by atoms with E-state index in [0.717, 1.165) is 0 Å². The first-order valence-electron chi connectivity index (χ1n) is 3.72. The van der Waals surface area contributed by atoms with E-state index >= 15 is 0 Å². The van der Waals surface area contributed by atoms with E-state index in [-0.39, 0.29) is 5.92 Å². The number of carboxylic acid groups (broad SMARTS) is 1. The first-order chi connectivity index (χ1) is 5.72. The number of carbonyl (C=O) groups is 1. The van der Waals surface area contributed by atoms with Crippen LogP contribution < -0.4 is 5.73 Å². The average molecular weight is 165 g/mol. The Morgan fingerprint density at radius 3 is 2.17 bits per heavy atom. The molecule has 0 bridgehead atoms. The van der Waals surface area contributed by atoms with E-state index in [4.69, 9.17) is 10.8 Å². The lowest BCUT2D eigenvalue weighted by Gasteiger charge is -2.11. The second kappa shape index (κ2) is 3.88. The Labute approximate surface area is 70.9 Å². The van der Waals surface area contributed by atoms with Gasteiger partial charge in [0.25, 0.3) is 0 Å². The van der Waals surface area contributed by atoms with E-state index < -0.39 is 12.0 Å². The Kier molecular flexibility index (Phi) is 2.82. The molecule has 0 radical (unpaired) electrons.